The van der Waals surface area contributed by atoms with Crippen molar-refractivity contribution in [1.82, 2.24) is 9.55 Å². The van der Waals surface area contributed by atoms with Gasteiger partial charge in [0.2, 0.25) is 0 Å². The third kappa shape index (κ3) is 3.03. The van der Waals surface area contributed by atoms with E-state index in [9.17, 15) is 0 Å². The first-order valence-corrected chi connectivity index (χ1v) is 6.14. The molecule has 1 aromatic carbocycles. The van der Waals surface area contributed by atoms with Gasteiger partial charge in [0.25, 0.3) is 0 Å². The number of ether oxygens (including phenoxy) is 1. The van der Waals surface area contributed by atoms with Gasteiger partial charge in [-0.2, -0.15) is 0 Å². The number of methoxy groups -OCH3 is 1. The average molecular weight is 266 g/mol. The van der Waals surface area contributed by atoms with Gasteiger partial charge in [0.15, 0.2) is 0 Å². The molecule has 0 fully saturated rings. The number of aromatic nitrogens is 2. The van der Waals surface area contributed by atoms with Gasteiger partial charge in [-0.3, -0.25) is 0 Å². The summed E-state index contributed by atoms with van der Waals surface area (Å²) in [5.74, 6) is 0.827. The number of halogens is 1. The van der Waals surface area contributed by atoms with Crippen molar-refractivity contribution in [3.05, 3.63) is 47.0 Å². The van der Waals surface area contributed by atoms with Crippen LogP contribution in [0.15, 0.2) is 30.7 Å². The molecule has 0 atom stereocenters. The molecule has 0 bridgehead atoms. The monoisotopic (exact) mass is 265 g/mol. The molecule has 0 unspecified atom stereocenters. The molecule has 96 valence electrons. The van der Waals surface area contributed by atoms with Crippen LogP contribution in [0.2, 0.25) is 5.02 Å². The van der Waals surface area contributed by atoms with Crippen molar-refractivity contribution in [3.8, 4) is 5.75 Å². The molecule has 4 nitrogen and oxygen atoms in total. The van der Waals surface area contributed by atoms with Crippen molar-refractivity contribution in [2.24, 2.45) is 5.73 Å². The van der Waals surface area contributed by atoms with Crippen LogP contribution in [0.3, 0.4) is 0 Å². The zero-order chi connectivity index (χ0) is 13.0. The molecule has 1 aromatic heterocycles. The van der Waals surface area contributed by atoms with Gasteiger partial charge >= 0.3 is 0 Å². The largest absolute Gasteiger partial charge is 0.496 e. The summed E-state index contributed by atoms with van der Waals surface area (Å²) in [7, 11) is 1.65. The summed E-state index contributed by atoms with van der Waals surface area (Å²) < 4.78 is 7.31. The van der Waals surface area contributed by atoms with Gasteiger partial charge in [-0.15, -0.1) is 0 Å². The lowest BCUT2D eigenvalue weighted by molar-refractivity contribution is 0.408. The normalized spacial score (nSPS) is 10.6. The second-order valence-corrected chi connectivity index (χ2v) is 4.47. The predicted octanol–water partition coefficient (Wildman–Crippen LogP) is 2.09. The summed E-state index contributed by atoms with van der Waals surface area (Å²) in [5.41, 5.74) is 7.53. The van der Waals surface area contributed by atoms with Crippen molar-refractivity contribution in [2.45, 2.75) is 13.0 Å². The Morgan fingerprint density at radius 3 is 3.00 bits per heavy atom. The van der Waals surface area contributed by atoms with E-state index in [1.54, 1.807) is 13.4 Å². The number of nitrogens with two attached hydrogens (primary N) is 1. The Balaban J connectivity index is 2.19. The molecule has 0 aliphatic heterocycles. The summed E-state index contributed by atoms with van der Waals surface area (Å²) in [5, 5.41) is 0.702. The number of imidazole rings is 1. The zero-order valence-electron chi connectivity index (χ0n) is 10.3. The Bertz CT molecular complexity index is 525. The number of benzene rings is 1. The van der Waals surface area contributed by atoms with E-state index in [0.717, 1.165) is 23.4 Å². The summed E-state index contributed by atoms with van der Waals surface area (Å²) in [4.78, 5) is 4.29. The molecule has 1 heterocycles. The molecule has 0 radical (unpaired) electrons. The van der Waals surface area contributed by atoms with Crippen molar-refractivity contribution in [1.29, 1.82) is 0 Å². The van der Waals surface area contributed by atoms with Crippen molar-refractivity contribution in [2.75, 3.05) is 13.7 Å². The van der Waals surface area contributed by atoms with Gasteiger partial charge in [-0.1, -0.05) is 11.6 Å². The average Bonchev–Trinajstić information content (AvgIpc) is 2.77. The van der Waals surface area contributed by atoms with Crippen molar-refractivity contribution in [3.63, 3.8) is 0 Å². The minimum absolute atomic E-state index is 0.609. The molecule has 2 rings (SSSR count). The second-order valence-electron chi connectivity index (χ2n) is 4.03. The summed E-state index contributed by atoms with van der Waals surface area (Å²) in [6.07, 6.45) is 4.58. The van der Waals surface area contributed by atoms with E-state index < -0.39 is 0 Å². The Hall–Kier alpha value is -1.52. The van der Waals surface area contributed by atoms with Crippen LogP contribution in [-0.4, -0.2) is 23.2 Å². The van der Waals surface area contributed by atoms with E-state index in [4.69, 9.17) is 22.1 Å². The van der Waals surface area contributed by atoms with Crippen LogP contribution in [-0.2, 0) is 13.0 Å². The fourth-order valence-corrected chi connectivity index (χ4v) is 2.03. The number of hydrogen-bond acceptors (Lipinski definition) is 3. The smallest absolute Gasteiger partial charge is 0.123 e. The second kappa shape index (κ2) is 5.89. The molecular formula is C13H16ClN3O. The van der Waals surface area contributed by atoms with E-state index in [1.165, 1.54) is 0 Å². The fraction of sp³-hybridized carbons (Fsp3) is 0.308. The molecule has 0 saturated heterocycles. The van der Waals surface area contributed by atoms with E-state index in [1.807, 2.05) is 29.0 Å². The van der Waals surface area contributed by atoms with Crippen molar-refractivity contribution >= 4 is 11.6 Å². The van der Waals surface area contributed by atoms with Gasteiger partial charge < -0.3 is 15.0 Å². The molecular weight excluding hydrogens is 250 g/mol. The Labute approximate surface area is 111 Å². The molecule has 2 N–H and O–H groups in total. The molecule has 0 saturated carbocycles. The summed E-state index contributed by atoms with van der Waals surface area (Å²) in [6, 6.07) is 5.59. The van der Waals surface area contributed by atoms with Crippen LogP contribution >= 0.6 is 11.6 Å². The third-order valence-corrected chi connectivity index (χ3v) is 2.92. The van der Waals surface area contributed by atoms with Crippen LogP contribution in [0.1, 0.15) is 11.3 Å². The third-order valence-electron chi connectivity index (χ3n) is 2.68. The van der Waals surface area contributed by atoms with Crippen LogP contribution in [0.5, 0.6) is 5.75 Å². The highest BCUT2D eigenvalue weighted by atomic mass is 35.5. The van der Waals surface area contributed by atoms with Crippen LogP contribution in [0.4, 0.5) is 0 Å². The fourth-order valence-electron chi connectivity index (χ4n) is 1.84. The minimum atomic E-state index is 0.609. The Morgan fingerprint density at radius 1 is 1.44 bits per heavy atom. The highest BCUT2D eigenvalue weighted by molar-refractivity contribution is 6.30. The summed E-state index contributed by atoms with van der Waals surface area (Å²) >= 11 is 6.00. The molecule has 18 heavy (non-hydrogen) atoms. The van der Waals surface area contributed by atoms with E-state index in [0.29, 0.717) is 18.1 Å². The first-order chi connectivity index (χ1) is 8.72. The van der Waals surface area contributed by atoms with E-state index in [-0.39, 0.29) is 0 Å². The highest BCUT2D eigenvalue weighted by Crippen LogP contribution is 2.23. The lowest BCUT2D eigenvalue weighted by atomic mass is 10.2. The van der Waals surface area contributed by atoms with Crippen LogP contribution < -0.4 is 10.5 Å². The number of nitrogens with zero attached hydrogens (tertiary/aromatic N) is 2. The first kappa shape index (κ1) is 12.9. The van der Waals surface area contributed by atoms with Crippen LogP contribution in [0.25, 0.3) is 0 Å². The van der Waals surface area contributed by atoms with Gasteiger partial charge in [0.1, 0.15) is 5.75 Å². The minimum Gasteiger partial charge on any atom is -0.496 e. The quantitative estimate of drug-likeness (QED) is 0.901. The first-order valence-electron chi connectivity index (χ1n) is 5.76. The van der Waals surface area contributed by atoms with E-state index in [2.05, 4.69) is 4.98 Å². The lowest BCUT2D eigenvalue weighted by Gasteiger charge is -2.09. The Morgan fingerprint density at radius 2 is 2.28 bits per heavy atom. The maximum Gasteiger partial charge on any atom is 0.123 e. The van der Waals surface area contributed by atoms with Gasteiger partial charge in [-0.25, -0.2) is 4.98 Å². The lowest BCUT2D eigenvalue weighted by Crippen LogP contribution is -2.03. The SMILES string of the molecule is COc1ccc(Cl)cc1Cn1cnc(CCN)c1. The molecule has 0 spiro atoms. The van der Waals surface area contributed by atoms with E-state index >= 15 is 0 Å². The van der Waals surface area contributed by atoms with Crippen molar-refractivity contribution < 1.29 is 4.74 Å². The maximum absolute atomic E-state index is 6.00. The van der Waals surface area contributed by atoms with Gasteiger partial charge in [0.05, 0.1) is 25.7 Å². The standard InChI is InChI=1S/C13H16ClN3O/c1-18-13-3-2-11(14)6-10(13)7-17-8-12(4-5-15)16-9-17/h2-3,6,8-9H,4-5,7,15H2,1H3. The summed E-state index contributed by atoms with van der Waals surface area (Å²) in [6.45, 7) is 1.29. The molecule has 5 heteroatoms. The Kier molecular flexibility index (Phi) is 4.23. The topological polar surface area (TPSA) is 53.1 Å². The number of rotatable bonds is 5. The van der Waals surface area contributed by atoms with Gasteiger partial charge in [-0.05, 0) is 24.7 Å². The maximum atomic E-state index is 6.00. The number of hydrogen-bond donors (Lipinski definition) is 1. The predicted molar refractivity (Wildman–Crippen MR) is 72.1 cm³/mol. The molecule has 0 amide bonds. The molecule has 0 aliphatic carbocycles. The molecule has 2 aromatic rings. The van der Waals surface area contributed by atoms with Crippen LogP contribution in [0, 0.1) is 0 Å². The highest BCUT2D eigenvalue weighted by Gasteiger charge is 2.05. The zero-order valence-corrected chi connectivity index (χ0v) is 11.0. The molecule has 0 aliphatic rings. The van der Waals surface area contributed by atoms with Gasteiger partial charge in [0, 0.05) is 23.2 Å².